The first kappa shape index (κ1) is 11.8. The van der Waals surface area contributed by atoms with Crippen molar-refractivity contribution in [2.45, 2.75) is 19.8 Å². The summed E-state index contributed by atoms with van der Waals surface area (Å²) >= 11 is 5.68. The fourth-order valence-electron chi connectivity index (χ4n) is 1.82. The lowest BCUT2D eigenvalue weighted by Gasteiger charge is -2.31. The fraction of sp³-hybridized carbons (Fsp3) is 0.900. The van der Waals surface area contributed by atoms with Crippen molar-refractivity contribution >= 4 is 17.5 Å². The van der Waals surface area contributed by atoms with E-state index in [1.165, 1.54) is 12.8 Å². The van der Waals surface area contributed by atoms with Crippen molar-refractivity contribution in [2.24, 2.45) is 5.92 Å². The molecule has 1 saturated heterocycles. The van der Waals surface area contributed by atoms with Gasteiger partial charge in [0.25, 0.3) is 0 Å². The third-order valence-electron chi connectivity index (χ3n) is 2.75. The van der Waals surface area contributed by atoms with Crippen molar-refractivity contribution in [3.05, 3.63) is 0 Å². The smallest absolute Gasteiger partial charge is 0.216 e. The van der Waals surface area contributed by atoms with Crippen LogP contribution in [-0.4, -0.2) is 42.9 Å². The molecule has 1 aliphatic rings. The lowest BCUT2D eigenvalue weighted by Crippen LogP contribution is -2.38. The van der Waals surface area contributed by atoms with Crippen LogP contribution in [0.5, 0.6) is 0 Å². The van der Waals surface area contributed by atoms with Crippen molar-refractivity contribution in [1.82, 2.24) is 10.2 Å². The molecule has 1 fully saturated rings. The number of amides is 1. The first-order chi connectivity index (χ1) is 6.72. The molecule has 0 bridgehead atoms. The molecule has 0 aliphatic carbocycles. The number of carbonyl (C=O) groups is 1. The number of carbonyl (C=O) groups excluding carboxylic acids is 1. The maximum Gasteiger partial charge on any atom is 0.216 e. The molecule has 1 rings (SSSR count). The molecule has 1 heterocycles. The van der Waals surface area contributed by atoms with Crippen molar-refractivity contribution in [2.75, 3.05) is 32.1 Å². The highest BCUT2D eigenvalue weighted by Gasteiger charge is 2.18. The van der Waals surface area contributed by atoms with Gasteiger partial charge < -0.3 is 10.2 Å². The molecular formula is C10H19ClN2O. The number of halogens is 1. The molecule has 0 aromatic carbocycles. The molecule has 0 unspecified atom stereocenters. The van der Waals surface area contributed by atoms with Gasteiger partial charge in [-0.2, -0.15) is 0 Å². The van der Waals surface area contributed by atoms with Gasteiger partial charge in [-0.25, -0.2) is 0 Å². The number of alkyl halides is 1. The van der Waals surface area contributed by atoms with E-state index in [-0.39, 0.29) is 5.91 Å². The van der Waals surface area contributed by atoms with Crippen molar-refractivity contribution in [1.29, 1.82) is 0 Å². The normalized spacial score (nSPS) is 19.6. The van der Waals surface area contributed by atoms with E-state index in [0.29, 0.717) is 5.92 Å². The summed E-state index contributed by atoms with van der Waals surface area (Å²) in [6.07, 6.45) is 2.36. The second-order valence-corrected chi connectivity index (χ2v) is 4.29. The lowest BCUT2D eigenvalue weighted by atomic mass is 9.97. The molecule has 0 aromatic heterocycles. The van der Waals surface area contributed by atoms with Crippen LogP contribution in [0.15, 0.2) is 0 Å². The SMILES string of the molecule is CC(=O)NCC1CCN(CCCl)CC1. The van der Waals surface area contributed by atoms with Gasteiger partial charge in [0.15, 0.2) is 0 Å². The second kappa shape index (κ2) is 6.25. The van der Waals surface area contributed by atoms with E-state index in [4.69, 9.17) is 11.6 Å². The Balaban J connectivity index is 2.12. The van der Waals surface area contributed by atoms with Gasteiger partial charge >= 0.3 is 0 Å². The highest BCUT2D eigenvalue weighted by Crippen LogP contribution is 2.15. The van der Waals surface area contributed by atoms with Gasteiger partial charge in [0.05, 0.1) is 0 Å². The Morgan fingerprint density at radius 2 is 2.14 bits per heavy atom. The van der Waals surface area contributed by atoms with Crippen LogP contribution >= 0.6 is 11.6 Å². The van der Waals surface area contributed by atoms with Gasteiger partial charge in [-0.1, -0.05) is 0 Å². The van der Waals surface area contributed by atoms with Gasteiger partial charge in [0.2, 0.25) is 5.91 Å². The van der Waals surface area contributed by atoms with Crippen molar-refractivity contribution < 1.29 is 4.79 Å². The third-order valence-corrected chi connectivity index (χ3v) is 2.92. The van der Waals surface area contributed by atoms with Gasteiger partial charge in [0.1, 0.15) is 0 Å². The second-order valence-electron chi connectivity index (χ2n) is 3.91. The zero-order valence-electron chi connectivity index (χ0n) is 8.76. The van der Waals surface area contributed by atoms with E-state index >= 15 is 0 Å². The molecule has 82 valence electrons. The molecule has 1 amide bonds. The molecule has 0 saturated carbocycles. The van der Waals surface area contributed by atoms with Crippen molar-refractivity contribution in [3.8, 4) is 0 Å². The van der Waals surface area contributed by atoms with Crippen LogP contribution in [0, 0.1) is 5.92 Å². The summed E-state index contributed by atoms with van der Waals surface area (Å²) in [4.78, 5) is 13.1. The van der Waals surface area contributed by atoms with Gasteiger partial charge in [-0.3, -0.25) is 4.79 Å². The Labute approximate surface area is 90.8 Å². The Hall–Kier alpha value is -0.280. The topological polar surface area (TPSA) is 32.3 Å². The van der Waals surface area contributed by atoms with Gasteiger partial charge in [-0.15, -0.1) is 11.6 Å². The fourth-order valence-corrected chi connectivity index (χ4v) is 2.06. The third kappa shape index (κ3) is 4.29. The molecular weight excluding hydrogens is 200 g/mol. The minimum absolute atomic E-state index is 0.0770. The molecule has 0 radical (unpaired) electrons. The summed E-state index contributed by atoms with van der Waals surface area (Å²) in [5.41, 5.74) is 0. The Morgan fingerprint density at radius 3 is 2.64 bits per heavy atom. The van der Waals surface area contributed by atoms with Crippen LogP contribution in [0.2, 0.25) is 0 Å². The summed E-state index contributed by atoms with van der Waals surface area (Å²) < 4.78 is 0. The van der Waals surface area contributed by atoms with Crippen molar-refractivity contribution in [3.63, 3.8) is 0 Å². The standard InChI is InChI=1S/C10H19ClN2O/c1-9(14)12-8-10-2-5-13(6-3-10)7-4-11/h10H,2-8H2,1H3,(H,12,14). The number of hydrogen-bond acceptors (Lipinski definition) is 2. The molecule has 0 atom stereocenters. The first-order valence-corrected chi connectivity index (χ1v) is 5.78. The minimum Gasteiger partial charge on any atom is -0.356 e. The average molecular weight is 219 g/mol. The quantitative estimate of drug-likeness (QED) is 0.717. The zero-order valence-corrected chi connectivity index (χ0v) is 9.52. The van der Waals surface area contributed by atoms with Gasteiger partial charge in [0, 0.05) is 25.9 Å². The van der Waals surface area contributed by atoms with Crippen LogP contribution in [0.3, 0.4) is 0 Å². The number of likely N-dealkylation sites (tertiary alicyclic amines) is 1. The Kier molecular flexibility index (Phi) is 5.26. The molecule has 0 aromatic rings. The van der Waals surface area contributed by atoms with Crippen LogP contribution < -0.4 is 5.32 Å². The predicted molar refractivity (Wildman–Crippen MR) is 58.6 cm³/mol. The Bertz CT molecular complexity index is 179. The summed E-state index contributed by atoms with van der Waals surface area (Å²) in [5.74, 6) is 1.45. The van der Waals surface area contributed by atoms with E-state index in [9.17, 15) is 4.79 Å². The predicted octanol–water partition coefficient (Wildman–Crippen LogP) is 1.07. The van der Waals surface area contributed by atoms with E-state index in [2.05, 4.69) is 10.2 Å². The van der Waals surface area contributed by atoms with E-state index in [0.717, 1.165) is 32.1 Å². The highest BCUT2D eigenvalue weighted by molar-refractivity contribution is 6.18. The summed E-state index contributed by atoms with van der Waals surface area (Å²) in [6, 6.07) is 0. The monoisotopic (exact) mass is 218 g/mol. The lowest BCUT2D eigenvalue weighted by molar-refractivity contribution is -0.119. The highest BCUT2D eigenvalue weighted by atomic mass is 35.5. The molecule has 1 N–H and O–H groups in total. The Morgan fingerprint density at radius 1 is 1.50 bits per heavy atom. The molecule has 3 nitrogen and oxygen atoms in total. The molecule has 14 heavy (non-hydrogen) atoms. The van der Waals surface area contributed by atoms with E-state index in [1.54, 1.807) is 6.92 Å². The average Bonchev–Trinajstić information content (AvgIpc) is 2.17. The summed E-state index contributed by atoms with van der Waals surface area (Å²) in [7, 11) is 0. The first-order valence-electron chi connectivity index (χ1n) is 5.25. The van der Waals surface area contributed by atoms with Crippen LogP contribution in [0.25, 0.3) is 0 Å². The number of rotatable bonds is 4. The largest absolute Gasteiger partial charge is 0.356 e. The van der Waals surface area contributed by atoms with Crippen LogP contribution in [0.4, 0.5) is 0 Å². The number of hydrogen-bond donors (Lipinski definition) is 1. The maximum atomic E-state index is 10.7. The van der Waals surface area contributed by atoms with Crippen LogP contribution in [-0.2, 0) is 4.79 Å². The maximum absolute atomic E-state index is 10.7. The summed E-state index contributed by atoms with van der Waals surface area (Å²) in [6.45, 7) is 5.65. The minimum atomic E-state index is 0.0770. The van der Waals surface area contributed by atoms with E-state index in [1.807, 2.05) is 0 Å². The number of nitrogens with zero attached hydrogens (tertiary/aromatic N) is 1. The molecule has 0 spiro atoms. The molecule has 1 aliphatic heterocycles. The summed E-state index contributed by atoms with van der Waals surface area (Å²) in [5, 5.41) is 2.88. The number of nitrogens with one attached hydrogen (secondary N) is 1. The zero-order chi connectivity index (χ0) is 10.4. The van der Waals surface area contributed by atoms with Gasteiger partial charge in [-0.05, 0) is 31.8 Å². The van der Waals surface area contributed by atoms with E-state index < -0.39 is 0 Å². The van der Waals surface area contributed by atoms with Crippen LogP contribution in [0.1, 0.15) is 19.8 Å². The number of piperidine rings is 1. The molecule has 4 heteroatoms.